The monoisotopic (exact) mass is 886 g/mol. The van der Waals surface area contributed by atoms with Crippen molar-refractivity contribution in [3.63, 3.8) is 0 Å². The second-order valence-corrected chi connectivity index (χ2v) is 22.3. The Bertz CT molecular complexity index is 3900. The number of rotatable bonds is 4. The molecule has 0 nitrogen and oxygen atoms in total. The molecule has 69 heavy (non-hydrogen) atoms. The van der Waals surface area contributed by atoms with E-state index in [0.29, 0.717) is 0 Å². The molecule has 0 amide bonds. The lowest BCUT2D eigenvalue weighted by Crippen LogP contribution is -2.17. The molecule has 0 aromatic heterocycles. The Kier molecular flexibility index (Phi) is 8.73. The summed E-state index contributed by atoms with van der Waals surface area (Å²) in [5.41, 5.74) is 32.4. The van der Waals surface area contributed by atoms with Gasteiger partial charge >= 0.3 is 0 Å². The minimum absolute atomic E-state index is 0.0566. The van der Waals surface area contributed by atoms with Crippen molar-refractivity contribution in [1.29, 1.82) is 0 Å². The molecule has 3 aliphatic carbocycles. The first-order valence-corrected chi connectivity index (χ1v) is 25.0. The van der Waals surface area contributed by atoms with Crippen LogP contribution in [0.15, 0.2) is 170 Å². The molecule has 0 saturated heterocycles. The number of benzene rings is 10. The van der Waals surface area contributed by atoms with E-state index in [1.54, 1.807) is 0 Å². The highest BCUT2D eigenvalue weighted by molar-refractivity contribution is 5.95. The van der Waals surface area contributed by atoms with Crippen LogP contribution in [0.4, 0.5) is 0 Å². The highest BCUT2D eigenvalue weighted by Crippen LogP contribution is 2.56. The van der Waals surface area contributed by atoms with Gasteiger partial charge in [0.2, 0.25) is 0 Å². The van der Waals surface area contributed by atoms with Crippen molar-refractivity contribution in [1.82, 2.24) is 0 Å². The fourth-order valence-electron chi connectivity index (χ4n) is 13.2. The molecular formula is C69H58. The maximum atomic E-state index is 2.49. The van der Waals surface area contributed by atoms with E-state index in [4.69, 9.17) is 0 Å². The Morgan fingerprint density at radius 1 is 0.246 bits per heavy atom. The van der Waals surface area contributed by atoms with Gasteiger partial charge in [0.15, 0.2) is 0 Å². The molecule has 0 fully saturated rings. The topological polar surface area (TPSA) is 0 Å². The summed E-state index contributed by atoms with van der Waals surface area (Å²) in [4.78, 5) is 0. The lowest BCUT2D eigenvalue weighted by Gasteiger charge is -2.26. The largest absolute Gasteiger partial charge is 0.0616 e. The van der Waals surface area contributed by atoms with Gasteiger partial charge in [0, 0.05) is 16.2 Å². The maximum Gasteiger partial charge on any atom is 0.0161 e. The highest BCUT2D eigenvalue weighted by Gasteiger charge is 2.41. The predicted octanol–water partition coefficient (Wildman–Crippen LogP) is 18.8. The highest BCUT2D eigenvalue weighted by atomic mass is 14.4. The number of hydrogen-bond acceptors (Lipinski definition) is 0. The molecule has 0 heteroatoms. The summed E-state index contributed by atoms with van der Waals surface area (Å²) in [5, 5.41) is 5.07. The van der Waals surface area contributed by atoms with E-state index >= 15 is 0 Å². The van der Waals surface area contributed by atoms with Gasteiger partial charge in [-0.05, 0) is 231 Å². The summed E-state index contributed by atoms with van der Waals surface area (Å²) in [6, 6.07) is 65.2. The molecule has 0 heterocycles. The average Bonchev–Trinajstić information content (AvgIpc) is 3.85. The molecule has 0 saturated carbocycles. The van der Waals surface area contributed by atoms with Gasteiger partial charge in [-0.15, -0.1) is 0 Å². The van der Waals surface area contributed by atoms with Crippen molar-refractivity contribution < 1.29 is 0 Å². The van der Waals surface area contributed by atoms with Crippen LogP contribution in [0, 0.1) is 27.7 Å². The first-order valence-electron chi connectivity index (χ1n) is 25.0. The Morgan fingerprint density at radius 2 is 0.536 bits per heavy atom. The normalized spacial score (nSPS) is 15.2. The standard InChI is InChI=1S/C69H58/c1-39-40(2)42(4)66-65(41(39)3)59-30-25-54(38-64(59)69(66,9)10)53-24-29-58-57-28-23-52(36-62(57)68(7,8)63(58)37-53)51-22-27-56-55-26-21-50(34-60(55)67(5,6)61(56)35-51)49-20-19-47-32-46(17-18-48(47)33-49)45-16-15-43-13-11-12-14-44(43)31-45/h11-38H,1-10H3. The van der Waals surface area contributed by atoms with Gasteiger partial charge in [0.05, 0.1) is 0 Å². The van der Waals surface area contributed by atoms with Crippen LogP contribution >= 0.6 is 0 Å². The summed E-state index contributed by atoms with van der Waals surface area (Å²) < 4.78 is 0. The summed E-state index contributed by atoms with van der Waals surface area (Å²) in [5.74, 6) is 0. The Hall–Kier alpha value is -7.28. The molecule has 3 aliphatic rings. The fourth-order valence-corrected chi connectivity index (χ4v) is 13.2. The van der Waals surface area contributed by atoms with Crippen molar-refractivity contribution in [2.45, 2.75) is 85.5 Å². The van der Waals surface area contributed by atoms with Crippen molar-refractivity contribution in [2.24, 2.45) is 0 Å². The van der Waals surface area contributed by atoms with Crippen LogP contribution in [-0.4, -0.2) is 0 Å². The average molecular weight is 887 g/mol. The molecule has 0 unspecified atom stereocenters. The summed E-state index contributed by atoms with van der Waals surface area (Å²) >= 11 is 0. The van der Waals surface area contributed by atoms with Gasteiger partial charge in [0.25, 0.3) is 0 Å². The SMILES string of the molecule is Cc1c(C)c(C)c2c(c1C)-c1ccc(-c3ccc4c(c3)C(C)(C)c3cc(-c5ccc6c(c5)C(C)(C)c5cc(-c7ccc8cc(-c9ccc%10ccccc%10c9)ccc8c7)ccc5-6)ccc3-4)cc1C2(C)C. The summed E-state index contributed by atoms with van der Waals surface area (Å²) in [6.45, 7) is 23.7. The second-order valence-electron chi connectivity index (χ2n) is 22.3. The van der Waals surface area contributed by atoms with Gasteiger partial charge in [-0.2, -0.15) is 0 Å². The maximum absolute atomic E-state index is 2.49. The minimum Gasteiger partial charge on any atom is -0.0616 e. The molecule has 13 rings (SSSR count). The van der Waals surface area contributed by atoms with Crippen LogP contribution in [0.5, 0.6) is 0 Å². The van der Waals surface area contributed by atoms with Crippen LogP contribution in [0.3, 0.4) is 0 Å². The second kappa shape index (κ2) is 14.4. The lowest BCUT2D eigenvalue weighted by atomic mass is 9.77. The van der Waals surface area contributed by atoms with Crippen LogP contribution in [0.2, 0.25) is 0 Å². The van der Waals surface area contributed by atoms with E-state index < -0.39 is 0 Å². The molecule has 0 aliphatic heterocycles. The Morgan fingerprint density at radius 3 is 0.942 bits per heavy atom. The predicted molar refractivity (Wildman–Crippen MR) is 295 cm³/mol. The number of hydrogen-bond donors (Lipinski definition) is 0. The third kappa shape index (κ3) is 5.94. The zero-order valence-corrected chi connectivity index (χ0v) is 41.7. The molecule has 10 aromatic rings. The molecule has 0 radical (unpaired) electrons. The molecule has 10 aromatic carbocycles. The van der Waals surface area contributed by atoms with E-state index in [0.717, 1.165) is 0 Å². The first kappa shape index (κ1) is 41.9. The third-order valence-corrected chi connectivity index (χ3v) is 17.5. The molecule has 334 valence electrons. The van der Waals surface area contributed by atoms with Gasteiger partial charge in [-0.3, -0.25) is 0 Å². The van der Waals surface area contributed by atoms with Crippen LogP contribution in [-0.2, 0) is 16.2 Å². The Labute approximate surface area is 408 Å². The van der Waals surface area contributed by atoms with Crippen molar-refractivity contribution in [2.75, 3.05) is 0 Å². The van der Waals surface area contributed by atoms with Crippen molar-refractivity contribution in [3.8, 4) is 77.9 Å². The lowest BCUT2D eigenvalue weighted by molar-refractivity contribution is 0.654. The summed E-state index contributed by atoms with van der Waals surface area (Å²) in [6.07, 6.45) is 0. The van der Waals surface area contributed by atoms with Crippen LogP contribution < -0.4 is 0 Å². The van der Waals surface area contributed by atoms with Gasteiger partial charge in [-0.1, -0.05) is 163 Å². The smallest absolute Gasteiger partial charge is 0.0161 e. The minimum atomic E-state index is -0.143. The van der Waals surface area contributed by atoms with E-state index in [1.807, 2.05) is 0 Å². The van der Waals surface area contributed by atoms with E-state index in [1.165, 1.54) is 155 Å². The number of fused-ring (bicyclic) bond motifs is 11. The molecule has 0 spiro atoms. The molecule has 0 atom stereocenters. The molecule has 0 bridgehead atoms. The Balaban J connectivity index is 0.788. The van der Waals surface area contributed by atoms with Crippen molar-refractivity contribution >= 4 is 21.5 Å². The van der Waals surface area contributed by atoms with Crippen LogP contribution in [0.1, 0.15) is 97.2 Å². The summed E-state index contributed by atoms with van der Waals surface area (Å²) in [7, 11) is 0. The van der Waals surface area contributed by atoms with E-state index in [9.17, 15) is 0 Å². The zero-order chi connectivity index (χ0) is 47.5. The molecule has 0 N–H and O–H groups in total. The van der Waals surface area contributed by atoms with Gasteiger partial charge in [-0.25, -0.2) is 0 Å². The van der Waals surface area contributed by atoms with E-state index in [-0.39, 0.29) is 16.2 Å². The first-order chi connectivity index (χ1) is 33.1. The quantitative estimate of drug-likeness (QED) is 0.165. The molecular weight excluding hydrogens is 829 g/mol. The van der Waals surface area contributed by atoms with Gasteiger partial charge in [0.1, 0.15) is 0 Å². The van der Waals surface area contributed by atoms with Crippen LogP contribution in [0.25, 0.3) is 99.4 Å². The fraction of sp³-hybridized carbons (Fsp3) is 0.188. The zero-order valence-electron chi connectivity index (χ0n) is 41.7. The van der Waals surface area contributed by atoms with Gasteiger partial charge < -0.3 is 0 Å². The van der Waals surface area contributed by atoms with E-state index in [2.05, 4.69) is 239 Å². The third-order valence-electron chi connectivity index (χ3n) is 17.5. The van der Waals surface area contributed by atoms with Crippen molar-refractivity contribution in [3.05, 3.63) is 225 Å².